The third kappa shape index (κ3) is 4.59. The zero-order valence-corrected chi connectivity index (χ0v) is 25.0. The molecule has 3 saturated heterocycles. The van der Waals surface area contributed by atoms with E-state index < -0.39 is 23.3 Å². The summed E-state index contributed by atoms with van der Waals surface area (Å²) in [6.45, 7) is 2.60. The van der Waals surface area contributed by atoms with E-state index in [1.807, 2.05) is 0 Å². The number of benzene rings is 3. The van der Waals surface area contributed by atoms with Crippen LogP contribution in [-0.2, 0) is 0 Å². The molecule has 5 heterocycles. The van der Waals surface area contributed by atoms with Gasteiger partial charge in [-0.1, -0.05) is 35.7 Å². The van der Waals surface area contributed by atoms with E-state index in [-0.39, 0.29) is 51.9 Å². The third-order valence-corrected chi connectivity index (χ3v) is 10.0. The van der Waals surface area contributed by atoms with Crippen molar-refractivity contribution in [2.45, 2.75) is 43.1 Å². The van der Waals surface area contributed by atoms with Gasteiger partial charge in [0.2, 0.25) is 0 Å². The number of halogens is 4. The molecule has 0 amide bonds. The molecule has 2 unspecified atom stereocenters. The van der Waals surface area contributed by atoms with Crippen molar-refractivity contribution in [2.75, 3.05) is 43.4 Å². The molecule has 1 aromatic heterocycles. The van der Waals surface area contributed by atoms with Crippen LogP contribution in [0.2, 0.25) is 5.02 Å². The summed E-state index contributed by atoms with van der Waals surface area (Å²) < 4.78 is 52.6. The summed E-state index contributed by atoms with van der Waals surface area (Å²) in [4.78, 5) is 13.6. The first-order valence-electron chi connectivity index (χ1n) is 15.1. The highest BCUT2D eigenvalue weighted by Gasteiger charge is 2.49. The van der Waals surface area contributed by atoms with E-state index in [1.54, 1.807) is 24.3 Å². The van der Waals surface area contributed by atoms with Gasteiger partial charge in [0.25, 0.3) is 0 Å². The molecule has 7 nitrogen and oxygen atoms in total. The predicted molar refractivity (Wildman–Crippen MR) is 170 cm³/mol. The van der Waals surface area contributed by atoms with E-state index in [0.717, 1.165) is 19.4 Å². The standard InChI is InChI=1S/C34H30ClF3N6O/c1-2-23-27(37)7-4-18-10-20(39)11-24(28(18)23)29-26(35)12-25-31(30(29)38)41-33(42-32(25)43-15-21-5-6-22(16-43)40-21)45-17-34-8-3-9-44(34)14-19(36)13-34/h1,4-7,10-12,19,21-22,40H,3,8-9,13-17,39H2/t19-,21?,22?,34+/m1/s1. The van der Waals surface area contributed by atoms with Crippen LogP contribution in [-0.4, -0.2) is 71.4 Å². The molecule has 4 aliphatic heterocycles. The van der Waals surface area contributed by atoms with Crippen LogP contribution in [0.1, 0.15) is 24.8 Å². The molecule has 3 aromatic carbocycles. The fourth-order valence-electron chi connectivity index (χ4n) is 7.77. The maximum atomic E-state index is 17.0. The number of aromatic nitrogens is 2. The zero-order chi connectivity index (χ0) is 31.0. The average molecular weight is 631 g/mol. The lowest BCUT2D eigenvalue weighted by atomic mass is 9.92. The lowest BCUT2D eigenvalue weighted by Crippen LogP contribution is -2.52. The molecule has 3 N–H and O–H groups in total. The summed E-state index contributed by atoms with van der Waals surface area (Å²) >= 11 is 6.88. The number of nitrogen functional groups attached to an aromatic ring is 1. The van der Waals surface area contributed by atoms with Crippen molar-refractivity contribution in [1.29, 1.82) is 0 Å². The Morgan fingerprint density at radius 2 is 1.93 bits per heavy atom. The van der Waals surface area contributed by atoms with Crippen LogP contribution in [0.25, 0.3) is 32.8 Å². The van der Waals surface area contributed by atoms with Crippen molar-refractivity contribution >= 4 is 44.8 Å². The van der Waals surface area contributed by atoms with Gasteiger partial charge in [-0.25, -0.2) is 13.2 Å². The molecule has 2 bridgehead atoms. The van der Waals surface area contributed by atoms with Crippen molar-refractivity contribution in [1.82, 2.24) is 20.2 Å². The average Bonchev–Trinajstić information content (AvgIpc) is 3.66. The second kappa shape index (κ2) is 10.5. The largest absolute Gasteiger partial charge is 0.461 e. The Morgan fingerprint density at radius 3 is 2.71 bits per heavy atom. The molecular weight excluding hydrogens is 601 g/mol. The molecule has 45 heavy (non-hydrogen) atoms. The number of ether oxygens (including phenoxy) is 1. The highest BCUT2D eigenvalue weighted by atomic mass is 35.5. The Kier molecular flexibility index (Phi) is 6.64. The Morgan fingerprint density at radius 1 is 1.13 bits per heavy atom. The molecular formula is C34H30ClF3N6O. The number of rotatable bonds is 5. The van der Waals surface area contributed by atoms with Crippen molar-refractivity contribution in [2.24, 2.45) is 0 Å². The Bertz CT molecular complexity index is 1950. The second-order valence-corrected chi connectivity index (χ2v) is 12.9. The molecule has 11 heteroatoms. The smallest absolute Gasteiger partial charge is 0.319 e. The number of anilines is 2. The molecule has 4 aromatic rings. The van der Waals surface area contributed by atoms with Crippen LogP contribution in [0.5, 0.6) is 6.01 Å². The molecule has 0 saturated carbocycles. The number of piperazine rings is 1. The number of nitrogens with two attached hydrogens (primary N) is 1. The highest BCUT2D eigenvalue weighted by molar-refractivity contribution is 6.35. The normalized spacial score (nSPS) is 25.8. The number of hydrogen-bond donors (Lipinski definition) is 2. The van der Waals surface area contributed by atoms with Gasteiger partial charge in [-0.05, 0) is 54.6 Å². The number of nitrogens with one attached hydrogen (secondary N) is 1. The fraction of sp³-hybridized carbons (Fsp3) is 0.353. The Labute approximate surface area is 263 Å². The van der Waals surface area contributed by atoms with Crippen LogP contribution in [0, 0.1) is 24.0 Å². The number of alkyl halides is 1. The summed E-state index contributed by atoms with van der Waals surface area (Å²) in [5.41, 5.74) is 6.37. The first-order chi connectivity index (χ1) is 21.7. The number of fused-ring (bicyclic) bond motifs is 5. The van der Waals surface area contributed by atoms with Crippen molar-refractivity contribution in [3.8, 4) is 29.5 Å². The van der Waals surface area contributed by atoms with Gasteiger partial charge in [0.15, 0.2) is 5.82 Å². The van der Waals surface area contributed by atoms with Gasteiger partial charge in [-0.15, -0.1) is 6.42 Å². The van der Waals surface area contributed by atoms with Crippen molar-refractivity contribution < 1.29 is 17.9 Å². The van der Waals surface area contributed by atoms with E-state index in [4.69, 9.17) is 33.5 Å². The minimum absolute atomic E-state index is 0.000152. The summed E-state index contributed by atoms with van der Waals surface area (Å²) in [6, 6.07) is 7.86. The quantitative estimate of drug-likeness (QED) is 0.168. The molecule has 3 fully saturated rings. The summed E-state index contributed by atoms with van der Waals surface area (Å²) in [5.74, 6) is 1.56. The van der Waals surface area contributed by atoms with E-state index in [9.17, 15) is 8.78 Å². The van der Waals surface area contributed by atoms with Crippen molar-refractivity contribution in [3.05, 3.63) is 64.7 Å². The van der Waals surface area contributed by atoms with Gasteiger partial charge in [0.05, 0.1) is 16.1 Å². The van der Waals surface area contributed by atoms with Crippen LogP contribution < -0.4 is 20.7 Å². The predicted octanol–water partition coefficient (Wildman–Crippen LogP) is 5.62. The zero-order valence-electron chi connectivity index (χ0n) is 24.3. The van der Waals surface area contributed by atoms with Gasteiger partial charge < -0.3 is 20.7 Å². The van der Waals surface area contributed by atoms with Crippen LogP contribution in [0.3, 0.4) is 0 Å². The van der Waals surface area contributed by atoms with E-state index in [1.165, 1.54) is 6.07 Å². The van der Waals surface area contributed by atoms with Crippen molar-refractivity contribution in [3.63, 3.8) is 0 Å². The number of nitrogens with zero attached hydrogens (tertiary/aromatic N) is 4. The van der Waals surface area contributed by atoms with E-state index >= 15 is 4.39 Å². The van der Waals surface area contributed by atoms with Crippen LogP contribution in [0.15, 0.2) is 42.5 Å². The first-order valence-corrected chi connectivity index (χ1v) is 15.5. The maximum absolute atomic E-state index is 17.0. The summed E-state index contributed by atoms with van der Waals surface area (Å²) in [5, 5.41) is 4.87. The third-order valence-electron chi connectivity index (χ3n) is 9.71. The summed E-state index contributed by atoms with van der Waals surface area (Å²) in [6.07, 6.45) is 11.2. The Balaban J connectivity index is 1.30. The molecule has 0 radical (unpaired) electrons. The lowest BCUT2D eigenvalue weighted by molar-refractivity contribution is 0.107. The molecule has 0 spiro atoms. The monoisotopic (exact) mass is 630 g/mol. The number of terminal acetylenes is 1. The minimum atomic E-state index is -0.918. The first kappa shape index (κ1) is 28.4. The van der Waals surface area contributed by atoms with Gasteiger partial charge in [0, 0.05) is 60.2 Å². The van der Waals surface area contributed by atoms with Gasteiger partial charge in [-0.3, -0.25) is 4.90 Å². The summed E-state index contributed by atoms with van der Waals surface area (Å²) in [7, 11) is 0. The van der Waals surface area contributed by atoms with Gasteiger partial charge in [-0.2, -0.15) is 9.97 Å². The number of hydrogen-bond acceptors (Lipinski definition) is 7. The maximum Gasteiger partial charge on any atom is 0.319 e. The topological polar surface area (TPSA) is 79.5 Å². The van der Waals surface area contributed by atoms with Crippen LogP contribution >= 0.6 is 11.6 Å². The fourth-order valence-corrected chi connectivity index (χ4v) is 8.06. The van der Waals surface area contributed by atoms with Gasteiger partial charge >= 0.3 is 6.01 Å². The second-order valence-electron chi connectivity index (χ2n) is 12.5. The van der Waals surface area contributed by atoms with Gasteiger partial charge in [0.1, 0.15) is 29.9 Å². The molecule has 0 aliphatic carbocycles. The molecule has 4 aliphatic rings. The van der Waals surface area contributed by atoms with E-state index in [2.05, 4.69) is 38.2 Å². The van der Waals surface area contributed by atoms with Crippen LogP contribution in [0.4, 0.5) is 24.7 Å². The molecule has 230 valence electrons. The molecule has 4 atom stereocenters. The lowest BCUT2D eigenvalue weighted by Gasteiger charge is -2.35. The highest BCUT2D eigenvalue weighted by Crippen LogP contribution is 2.44. The van der Waals surface area contributed by atoms with E-state index in [0.29, 0.717) is 53.7 Å². The molecule has 8 rings (SSSR count). The minimum Gasteiger partial charge on any atom is -0.461 e. The SMILES string of the molecule is C#Cc1c(F)ccc2cc(N)cc(-c3c(Cl)cc4c(N5CC6C=CC(C5)N6)nc(OC[C@@]56CCCN5C[C@H](F)C6)nc4c3F)c12. The Hall–Kier alpha value is -4.04.